The van der Waals surface area contributed by atoms with Gasteiger partial charge in [-0.3, -0.25) is 5.43 Å². The minimum absolute atomic E-state index is 0.789. The molecule has 0 saturated heterocycles. The molecule has 0 heterocycles. The lowest BCUT2D eigenvalue weighted by molar-refractivity contribution is 1.35. The van der Waals surface area contributed by atoms with E-state index < -0.39 is 0 Å². The molecule has 0 aliphatic heterocycles. The van der Waals surface area contributed by atoms with Crippen LogP contribution >= 0.6 is 15.9 Å². The van der Waals surface area contributed by atoms with Gasteiger partial charge in [-0.1, -0.05) is 48.5 Å². The third-order valence-corrected chi connectivity index (χ3v) is 2.70. The highest BCUT2D eigenvalue weighted by Crippen LogP contribution is 2.09. The molecule has 0 aliphatic carbocycles. The molecule has 2 nitrogen and oxygen atoms in total. The van der Waals surface area contributed by atoms with Gasteiger partial charge in [0.1, 0.15) is 4.62 Å². The van der Waals surface area contributed by atoms with Crippen LogP contribution in [0.15, 0.2) is 65.8 Å². The molecule has 16 heavy (non-hydrogen) atoms. The fraction of sp³-hybridized carbons (Fsp3) is 0. The molecule has 2 rings (SSSR count). The molecule has 0 radical (unpaired) electrons. The zero-order chi connectivity index (χ0) is 11.2. The fourth-order valence-electron chi connectivity index (χ4n) is 1.27. The van der Waals surface area contributed by atoms with Crippen LogP contribution in [0.5, 0.6) is 0 Å². The number of hydrogen-bond donors (Lipinski definition) is 1. The number of hydrogen-bond acceptors (Lipinski definition) is 2. The number of nitrogens with zero attached hydrogens (tertiary/aromatic N) is 1. The van der Waals surface area contributed by atoms with E-state index in [1.807, 2.05) is 60.7 Å². The highest BCUT2D eigenvalue weighted by Gasteiger charge is 1.96. The van der Waals surface area contributed by atoms with Crippen molar-refractivity contribution in [1.82, 2.24) is 0 Å². The molecule has 2 aromatic carbocycles. The molecule has 0 saturated carbocycles. The highest BCUT2D eigenvalue weighted by atomic mass is 79.9. The second-order valence-electron chi connectivity index (χ2n) is 3.25. The molecule has 0 unspecified atom stereocenters. The second kappa shape index (κ2) is 5.47. The zero-order valence-corrected chi connectivity index (χ0v) is 10.2. The van der Waals surface area contributed by atoms with Gasteiger partial charge in [-0.25, -0.2) is 0 Å². The second-order valence-corrected chi connectivity index (χ2v) is 4.00. The number of para-hydroxylation sites is 1. The Hall–Kier alpha value is -1.61. The van der Waals surface area contributed by atoms with Crippen molar-refractivity contribution >= 4 is 26.2 Å². The predicted molar refractivity (Wildman–Crippen MR) is 72.0 cm³/mol. The van der Waals surface area contributed by atoms with Crippen molar-refractivity contribution in [2.24, 2.45) is 5.10 Å². The fourth-order valence-corrected chi connectivity index (χ4v) is 1.62. The Bertz CT molecular complexity index is 466. The van der Waals surface area contributed by atoms with E-state index in [0.29, 0.717) is 0 Å². The molecule has 0 bridgehead atoms. The Morgan fingerprint density at radius 1 is 0.875 bits per heavy atom. The van der Waals surface area contributed by atoms with E-state index in [2.05, 4.69) is 26.5 Å². The summed E-state index contributed by atoms with van der Waals surface area (Å²) < 4.78 is 0.789. The van der Waals surface area contributed by atoms with Crippen molar-refractivity contribution < 1.29 is 0 Å². The average Bonchev–Trinajstić information content (AvgIpc) is 2.38. The summed E-state index contributed by atoms with van der Waals surface area (Å²) >= 11 is 3.43. The lowest BCUT2D eigenvalue weighted by Gasteiger charge is -2.01. The highest BCUT2D eigenvalue weighted by molar-refractivity contribution is 9.18. The van der Waals surface area contributed by atoms with Gasteiger partial charge in [-0.2, -0.15) is 5.10 Å². The van der Waals surface area contributed by atoms with Crippen molar-refractivity contribution in [2.75, 3.05) is 5.43 Å². The predicted octanol–water partition coefficient (Wildman–Crippen LogP) is 3.86. The molecule has 0 spiro atoms. The van der Waals surface area contributed by atoms with E-state index >= 15 is 0 Å². The molecular formula is C13H11BrN2. The average molecular weight is 275 g/mol. The van der Waals surface area contributed by atoms with E-state index in [0.717, 1.165) is 15.9 Å². The van der Waals surface area contributed by atoms with Gasteiger partial charge in [0.05, 0.1) is 5.69 Å². The van der Waals surface area contributed by atoms with Crippen LogP contribution in [0.1, 0.15) is 5.56 Å². The molecule has 0 aromatic heterocycles. The topological polar surface area (TPSA) is 24.4 Å². The SMILES string of the molecule is Br/C(=N/Nc1ccccc1)c1ccccc1. The van der Waals surface area contributed by atoms with Crippen LogP contribution in [0.25, 0.3) is 0 Å². The molecule has 0 fully saturated rings. The smallest absolute Gasteiger partial charge is 0.133 e. The third kappa shape index (κ3) is 2.94. The Morgan fingerprint density at radius 3 is 2.06 bits per heavy atom. The molecule has 3 heteroatoms. The van der Waals surface area contributed by atoms with Gasteiger partial charge in [0.15, 0.2) is 0 Å². The first-order chi connectivity index (χ1) is 7.86. The summed E-state index contributed by atoms with van der Waals surface area (Å²) in [6.07, 6.45) is 0. The Morgan fingerprint density at radius 2 is 1.44 bits per heavy atom. The summed E-state index contributed by atoms with van der Waals surface area (Å²) in [5, 5.41) is 4.25. The van der Waals surface area contributed by atoms with Crippen LogP contribution in [0, 0.1) is 0 Å². The van der Waals surface area contributed by atoms with Crippen LogP contribution in [0.2, 0.25) is 0 Å². The van der Waals surface area contributed by atoms with Crippen LogP contribution in [0.4, 0.5) is 5.69 Å². The summed E-state index contributed by atoms with van der Waals surface area (Å²) in [5.41, 5.74) is 5.00. The van der Waals surface area contributed by atoms with Crippen molar-refractivity contribution in [3.05, 3.63) is 66.2 Å². The van der Waals surface area contributed by atoms with Crippen LogP contribution < -0.4 is 5.43 Å². The largest absolute Gasteiger partial charge is 0.277 e. The first-order valence-electron chi connectivity index (χ1n) is 4.96. The number of anilines is 1. The first-order valence-corrected chi connectivity index (χ1v) is 5.75. The number of benzene rings is 2. The summed E-state index contributed by atoms with van der Waals surface area (Å²) in [5.74, 6) is 0. The van der Waals surface area contributed by atoms with Gasteiger partial charge in [0.2, 0.25) is 0 Å². The van der Waals surface area contributed by atoms with Crippen molar-refractivity contribution in [1.29, 1.82) is 0 Å². The van der Waals surface area contributed by atoms with Crippen LogP contribution in [0.3, 0.4) is 0 Å². The van der Waals surface area contributed by atoms with Crippen molar-refractivity contribution in [3.8, 4) is 0 Å². The molecule has 80 valence electrons. The molecular weight excluding hydrogens is 264 g/mol. The maximum Gasteiger partial charge on any atom is 0.133 e. The van der Waals surface area contributed by atoms with Gasteiger partial charge in [-0.05, 0) is 28.1 Å². The van der Waals surface area contributed by atoms with Crippen molar-refractivity contribution in [3.63, 3.8) is 0 Å². The lowest BCUT2D eigenvalue weighted by Crippen LogP contribution is -1.95. The van der Waals surface area contributed by atoms with E-state index in [-0.39, 0.29) is 0 Å². The van der Waals surface area contributed by atoms with Gasteiger partial charge in [0, 0.05) is 5.56 Å². The van der Waals surface area contributed by atoms with Gasteiger partial charge < -0.3 is 0 Å². The Kier molecular flexibility index (Phi) is 3.72. The number of rotatable bonds is 3. The molecule has 0 atom stereocenters. The minimum Gasteiger partial charge on any atom is -0.277 e. The Balaban J connectivity index is 2.09. The van der Waals surface area contributed by atoms with Gasteiger partial charge in [0.25, 0.3) is 0 Å². The number of nitrogens with one attached hydrogen (secondary N) is 1. The molecule has 2 aromatic rings. The van der Waals surface area contributed by atoms with Gasteiger partial charge in [-0.15, -0.1) is 0 Å². The van der Waals surface area contributed by atoms with Crippen LogP contribution in [-0.2, 0) is 0 Å². The monoisotopic (exact) mass is 274 g/mol. The number of hydrazone groups is 1. The Labute approximate surface area is 103 Å². The number of halogens is 1. The normalized spacial score (nSPS) is 11.2. The van der Waals surface area contributed by atoms with E-state index in [1.54, 1.807) is 0 Å². The third-order valence-electron chi connectivity index (χ3n) is 2.07. The quantitative estimate of drug-likeness (QED) is 0.667. The van der Waals surface area contributed by atoms with Crippen LogP contribution in [-0.4, -0.2) is 4.62 Å². The molecule has 0 amide bonds. The van der Waals surface area contributed by atoms with Gasteiger partial charge >= 0.3 is 0 Å². The minimum atomic E-state index is 0.789. The van der Waals surface area contributed by atoms with Crippen molar-refractivity contribution in [2.45, 2.75) is 0 Å². The maximum atomic E-state index is 4.25. The zero-order valence-electron chi connectivity index (χ0n) is 8.60. The summed E-state index contributed by atoms with van der Waals surface area (Å²) in [7, 11) is 0. The summed E-state index contributed by atoms with van der Waals surface area (Å²) in [6.45, 7) is 0. The first kappa shape index (κ1) is 10.9. The van der Waals surface area contributed by atoms with E-state index in [4.69, 9.17) is 0 Å². The van der Waals surface area contributed by atoms with E-state index in [9.17, 15) is 0 Å². The van der Waals surface area contributed by atoms with E-state index in [1.165, 1.54) is 0 Å². The summed E-state index contributed by atoms with van der Waals surface area (Å²) in [6, 6.07) is 19.8. The lowest BCUT2D eigenvalue weighted by atomic mass is 10.2. The molecule has 0 aliphatic rings. The molecule has 1 N–H and O–H groups in total. The maximum absolute atomic E-state index is 4.25. The standard InChI is InChI=1S/C13H11BrN2/c14-13(11-7-3-1-4-8-11)16-15-12-9-5-2-6-10-12/h1-10,15H/b16-13+. The summed E-state index contributed by atoms with van der Waals surface area (Å²) in [4.78, 5) is 0.